The molecule has 0 fully saturated rings. The number of hydrogen-bond acceptors (Lipinski definition) is 3. The minimum atomic E-state index is 0.563. The molecule has 1 aromatic carbocycles. The van der Waals surface area contributed by atoms with Crippen molar-refractivity contribution in [2.75, 3.05) is 0 Å². The van der Waals surface area contributed by atoms with Crippen molar-refractivity contribution in [3.05, 3.63) is 49.8 Å². The molecule has 0 N–H and O–H groups in total. The number of nitrogens with zero attached hydrogens (tertiary/aromatic N) is 2. The van der Waals surface area contributed by atoms with Crippen molar-refractivity contribution in [1.29, 1.82) is 5.26 Å². The smallest absolute Gasteiger partial charge is 0.134 e. The molecule has 1 heterocycles. The molecule has 0 unspecified atom stereocenters. The number of rotatable bonds is 2. The Hall–Kier alpha value is -1.34. The highest BCUT2D eigenvalue weighted by Gasteiger charge is 2.19. The van der Waals surface area contributed by atoms with Gasteiger partial charge < -0.3 is 0 Å². The van der Waals surface area contributed by atoms with E-state index >= 15 is 0 Å². The van der Waals surface area contributed by atoms with Crippen LogP contribution in [0, 0.1) is 11.3 Å². The molecule has 0 aliphatic heterocycles. The first-order chi connectivity index (χ1) is 10.7. The maximum atomic E-state index is 9.49. The van der Waals surface area contributed by atoms with Gasteiger partial charge in [0.05, 0.1) is 15.6 Å². The summed E-state index contributed by atoms with van der Waals surface area (Å²) in [6.07, 6.45) is 7.28. The van der Waals surface area contributed by atoms with E-state index in [0.29, 0.717) is 15.6 Å². The summed E-state index contributed by atoms with van der Waals surface area (Å²) in [4.78, 5) is 5.82. The van der Waals surface area contributed by atoms with E-state index in [1.807, 2.05) is 0 Å². The lowest BCUT2D eigenvalue weighted by Gasteiger charge is -2.00. The van der Waals surface area contributed by atoms with Gasteiger partial charge in [0.2, 0.25) is 0 Å². The van der Waals surface area contributed by atoms with Gasteiger partial charge in [0.1, 0.15) is 11.1 Å². The van der Waals surface area contributed by atoms with E-state index in [-0.39, 0.29) is 0 Å². The molecule has 0 spiro atoms. The number of hydrogen-bond donors (Lipinski definition) is 0. The van der Waals surface area contributed by atoms with E-state index in [1.165, 1.54) is 23.3 Å². The first-order valence-corrected chi connectivity index (χ1v) is 8.80. The third kappa shape index (κ3) is 3.05. The molecule has 0 radical (unpaired) electrons. The molecule has 3 rings (SSSR count). The van der Waals surface area contributed by atoms with Crippen molar-refractivity contribution in [1.82, 2.24) is 0 Å². The van der Waals surface area contributed by atoms with E-state index < -0.39 is 0 Å². The molecule has 112 valence electrons. The molecule has 0 bridgehead atoms. The Labute approximate surface area is 144 Å². The Balaban J connectivity index is 1.99. The fourth-order valence-corrected chi connectivity index (χ4v) is 4.37. The number of fused-ring (bicyclic) bond motifs is 1. The number of benzene rings is 1. The molecule has 5 heteroatoms. The maximum absolute atomic E-state index is 9.49. The molecule has 0 saturated heterocycles. The van der Waals surface area contributed by atoms with Crippen LogP contribution in [-0.4, -0.2) is 6.21 Å². The Bertz CT molecular complexity index is 751. The summed E-state index contributed by atoms with van der Waals surface area (Å²) >= 11 is 13.9. The van der Waals surface area contributed by atoms with Crippen LogP contribution in [0.5, 0.6) is 0 Å². The van der Waals surface area contributed by atoms with Gasteiger partial charge in [-0.3, -0.25) is 0 Å². The number of nitriles is 1. The minimum absolute atomic E-state index is 0.563. The quantitative estimate of drug-likeness (QED) is 0.488. The summed E-state index contributed by atoms with van der Waals surface area (Å²) in [5.74, 6) is 0. The zero-order valence-electron chi connectivity index (χ0n) is 11.9. The molecule has 0 saturated carbocycles. The van der Waals surface area contributed by atoms with Crippen molar-refractivity contribution in [2.45, 2.75) is 32.1 Å². The van der Waals surface area contributed by atoms with Crippen molar-refractivity contribution >= 4 is 45.8 Å². The molecule has 1 aliphatic carbocycles. The molecular formula is C17H14Cl2N2S. The Kier molecular flexibility index (Phi) is 4.83. The van der Waals surface area contributed by atoms with Gasteiger partial charge in [-0.05, 0) is 43.4 Å². The largest absolute Gasteiger partial charge is 0.244 e. The number of aliphatic imine (C=N–C) groups is 1. The fraction of sp³-hybridized carbons (Fsp3) is 0.294. The number of halogens is 2. The second-order valence-electron chi connectivity index (χ2n) is 5.25. The monoisotopic (exact) mass is 348 g/mol. The first kappa shape index (κ1) is 15.6. The van der Waals surface area contributed by atoms with Gasteiger partial charge in [0.25, 0.3) is 0 Å². The van der Waals surface area contributed by atoms with Crippen LogP contribution in [0.25, 0.3) is 0 Å². The van der Waals surface area contributed by atoms with E-state index in [2.05, 4.69) is 11.1 Å². The lowest BCUT2D eigenvalue weighted by molar-refractivity contribution is 0.712. The summed E-state index contributed by atoms with van der Waals surface area (Å²) < 4.78 is 0. The van der Waals surface area contributed by atoms with Crippen LogP contribution in [0.3, 0.4) is 0 Å². The van der Waals surface area contributed by atoms with Crippen LogP contribution in [0.1, 0.15) is 40.8 Å². The molecule has 1 aromatic heterocycles. The van der Waals surface area contributed by atoms with Crippen LogP contribution in [0.15, 0.2) is 23.2 Å². The fourth-order valence-electron chi connectivity index (χ4n) is 2.69. The summed E-state index contributed by atoms with van der Waals surface area (Å²) in [7, 11) is 0. The van der Waals surface area contributed by atoms with E-state index in [4.69, 9.17) is 23.2 Å². The number of thiophene rings is 1. The maximum Gasteiger partial charge on any atom is 0.134 e. The zero-order valence-corrected chi connectivity index (χ0v) is 14.2. The average molecular weight is 349 g/mol. The minimum Gasteiger partial charge on any atom is -0.244 e. The molecule has 0 amide bonds. The van der Waals surface area contributed by atoms with Gasteiger partial charge in [0.15, 0.2) is 0 Å². The lowest BCUT2D eigenvalue weighted by Crippen LogP contribution is -1.87. The summed E-state index contributed by atoms with van der Waals surface area (Å²) in [5.41, 5.74) is 2.61. The van der Waals surface area contributed by atoms with Crippen LogP contribution < -0.4 is 0 Å². The second-order valence-corrected chi connectivity index (χ2v) is 7.15. The van der Waals surface area contributed by atoms with Gasteiger partial charge in [-0.15, -0.1) is 11.3 Å². The molecule has 22 heavy (non-hydrogen) atoms. The molecule has 1 aliphatic rings. The SMILES string of the molecule is N#Cc1c(/N=C/c2c(Cl)cccc2Cl)sc2c1CCCCC2. The molecule has 0 atom stereocenters. The van der Waals surface area contributed by atoms with Gasteiger partial charge in [0, 0.05) is 16.7 Å². The molecule has 2 nitrogen and oxygen atoms in total. The van der Waals surface area contributed by atoms with Crippen LogP contribution in [-0.2, 0) is 12.8 Å². The highest BCUT2D eigenvalue weighted by atomic mass is 35.5. The number of aryl methyl sites for hydroxylation is 1. The summed E-state index contributed by atoms with van der Waals surface area (Å²) in [5, 5.41) is 11.4. The molecular weight excluding hydrogens is 335 g/mol. The van der Waals surface area contributed by atoms with Crippen molar-refractivity contribution in [2.24, 2.45) is 4.99 Å². The summed E-state index contributed by atoms with van der Waals surface area (Å²) in [6, 6.07) is 7.69. The Morgan fingerprint density at radius 1 is 1.14 bits per heavy atom. The standard InChI is InChI=1S/C17H14Cl2N2S/c18-14-6-4-7-15(19)13(14)10-21-17-12(9-20)11-5-2-1-3-8-16(11)22-17/h4,6-7,10H,1-3,5,8H2/b21-10+. The topological polar surface area (TPSA) is 36.1 Å². The van der Waals surface area contributed by atoms with Crippen molar-refractivity contribution in [3.63, 3.8) is 0 Å². The van der Waals surface area contributed by atoms with Gasteiger partial charge in [-0.2, -0.15) is 5.26 Å². The van der Waals surface area contributed by atoms with Crippen molar-refractivity contribution in [3.8, 4) is 6.07 Å². The van der Waals surface area contributed by atoms with Crippen LogP contribution in [0.2, 0.25) is 10.0 Å². The zero-order chi connectivity index (χ0) is 15.5. The van der Waals surface area contributed by atoms with E-state index in [9.17, 15) is 5.26 Å². The first-order valence-electron chi connectivity index (χ1n) is 7.23. The van der Waals surface area contributed by atoms with E-state index in [0.717, 1.165) is 29.8 Å². The van der Waals surface area contributed by atoms with Crippen LogP contribution >= 0.6 is 34.5 Å². The van der Waals surface area contributed by atoms with Crippen LogP contribution in [0.4, 0.5) is 5.00 Å². The van der Waals surface area contributed by atoms with Gasteiger partial charge in [-0.1, -0.05) is 35.7 Å². The predicted molar refractivity (Wildman–Crippen MR) is 94.0 cm³/mol. The predicted octanol–water partition coefficient (Wildman–Crippen LogP) is 5.95. The average Bonchev–Trinajstić information content (AvgIpc) is 2.67. The normalized spacial score (nSPS) is 14.6. The Morgan fingerprint density at radius 3 is 2.59 bits per heavy atom. The molecule has 2 aromatic rings. The van der Waals surface area contributed by atoms with Crippen molar-refractivity contribution < 1.29 is 0 Å². The highest BCUT2D eigenvalue weighted by molar-refractivity contribution is 7.16. The highest BCUT2D eigenvalue weighted by Crippen LogP contribution is 2.39. The summed E-state index contributed by atoms with van der Waals surface area (Å²) in [6.45, 7) is 0. The Morgan fingerprint density at radius 2 is 1.86 bits per heavy atom. The third-order valence-corrected chi connectivity index (χ3v) is 5.68. The third-order valence-electron chi connectivity index (χ3n) is 3.83. The lowest BCUT2D eigenvalue weighted by atomic mass is 10.1. The van der Waals surface area contributed by atoms with Gasteiger partial charge >= 0.3 is 0 Å². The van der Waals surface area contributed by atoms with Gasteiger partial charge in [-0.25, -0.2) is 4.99 Å². The second kappa shape index (κ2) is 6.83. The van der Waals surface area contributed by atoms with E-state index in [1.54, 1.807) is 35.8 Å².